The average molecular weight is 278 g/mol. The Morgan fingerprint density at radius 3 is 2.33 bits per heavy atom. The Hall–Kier alpha value is -0.750. The van der Waals surface area contributed by atoms with E-state index in [2.05, 4.69) is 0 Å². The summed E-state index contributed by atoms with van der Waals surface area (Å²) in [6.07, 6.45) is 3.67. The first kappa shape index (κ1) is 13.7. The van der Waals surface area contributed by atoms with Crippen LogP contribution < -0.4 is 0 Å². The maximum atomic E-state index is 13.0. The van der Waals surface area contributed by atoms with Crippen molar-refractivity contribution >= 4 is 10.1 Å². The number of allylic oxidation sites excluding steroid dienone is 3. The molecule has 0 aromatic carbocycles. The summed E-state index contributed by atoms with van der Waals surface area (Å²) in [5.41, 5.74) is 0.868. The van der Waals surface area contributed by atoms with Crippen molar-refractivity contribution in [2.24, 2.45) is 11.8 Å². The van der Waals surface area contributed by atoms with Crippen LogP contribution in [0.1, 0.15) is 26.7 Å². The average Bonchev–Trinajstić information content (AvgIpc) is 2.12. The van der Waals surface area contributed by atoms with E-state index in [1.807, 2.05) is 0 Å². The highest BCUT2D eigenvalue weighted by molar-refractivity contribution is 7.87. The van der Waals surface area contributed by atoms with E-state index in [4.69, 9.17) is 0 Å². The first-order chi connectivity index (χ1) is 8.08. The van der Waals surface area contributed by atoms with E-state index in [9.17, 15) is 21.8 Å². The fourth-order valence-corrected chi connectivity index (χ4v) is 4.38. The van der Waals surface area contributed by atoms with Gasteiger partial charge in [-0.3, -0.25) is 4.55 Å². The molecular formula is C12H16F2O3S. The van der Waals surface area contributed by atoms with Gasteiger partial charge in [0.1, 0.15) is 4.75 Å². The highest BCUT2D eigenvalue weighted by Crippen LogP contribution is 2.54. The van der Waals surface area contributed by atoms with Crippen LogP contribution in [0.25, 0.3) is 0 Å². The first-order valence-corrected chi connectivity index (χ1v) is 7.25. The lowest BCUT2D eigenvalue weighted by Crippen LogP contribution is -2.57. The van der Waals surface area contributed by atoms with Crippen molar-refractivity contribution in [3.63, 3.8) is 0 Å². The molecule has 0 aliphatic heterocycles. The van der Waals surface area contributed by atoms with Gasteiger partial charge in [-0.05, 0) is 12.8 Å². The van der Waals surface area contributed by atoms with Crippen molar-refractivity contribution in [2.45, 2.75) is 37.4 Å². The molecule has 0 spiro atoms. The molecular weight excluding hydrogens is 262 g/mol. The van der Waals surface area contributed by atoms with Gasteiger partial charge in [0.2, 0.25) is 5.92 Å². The standard InChI is InChI=1S/C12H16F2O3S/c1-8-3-4-12(9(2)5-8,18(15,16)17)10-6-11(13,14)7-10/h3-5,9-10H,6-7H2,1-2H3,(H,15,16,17). The monoisotopic (exact) mass is 278 g/mol. The molecule has 0 bridgehead atoms. The van der Waals surface area contributed by atoms with Gasteiger partial charge < -0.3 is 0 Å². The second-order valence-electron chi connectivity index (χ2n) is 5.32. The molecule has 102 valence electrons. The molecule has 2 aliphatic carbocycles. The Balaban J connectivity index is 2.43. The minimum Gasteiger partial charge on any atom is -0.285 e. The molecule has 2 atom stereocenters. The van der Waals surface area contributed by atoms with Crippen LogP contribution in [-0.4, -0.2) is 23.6 Å². The first-order valence-electron chi connectivity index (χ1n) is 5.81. The van der Waals surface area contributed by atoms with Crippen LogP contribution in [0.5, 0.6) is 0 Å². The molecule has 1 fully saturated rings. The van der Waals surface area contributed by atoms with Crippen LogP contribution >= 0.6 is 0 Å². The molecule has 0 aromatic rings. The van der Waals surface area contributed by atoms with Crippen molar-refractivity contribution in [1.82, 2.24) is 0 Å². The lowest BCUT2D eigenvalue weighted by Gasteiger charge is -2.48. The van der Waals surface area contributed by atoms with E-state index in [1.165, 1.54) is 6.08 Å². The SMILES string of the molecule is CC1=CC(C)C(C2CC(F)(F)C2)(S(=O)(=O)O)C=C1. The third kappa shape index (κ3) is 1.91. The van der Waals surface area contributed by atoms with Crippen LogP contribution in [0.15, 0.2) is 23.8 Å². The van der Waals surface area contributed by atoms with Crippen molar-refractivity contribution in [2.75, 3.05) is 0 Å². The zero-order valence-electron chi connectivity index (χ0n) is 10.2. The van der Waals surface area contributed by atoms with Gasteiger partial charge in [0, 0.05) is 18.8 Å². The summed E-state index contributed by atoms with van der Waals surface area (Å²) in [6.45, 7) is 3.44. The van der Waals surface area contributed by atoms with Gasteiger partial charge in [-0.2, -0.15) is 8.42 Å². The van der Waals surface area contributed by atoms with Crippen molar-refractivity contribution in [1.29, 1.82) is 0 Å². The van der Waals surface area contributed by atoms with Crippen LogP contribution in [0, 0.1) is 11.8 Å². The molecule has 2 unspecified atom stereocenters. The van der Waals surface area contributed by atoms with Gasteiger partial charge in [-0.15, -0.1) is 0 Å². The van der Waals surface area contributed by atoms with Crippen molar-refractivity contribution < 1.29 is 21.8 Å². The third-order valence-electron chi connectivity index (χ3n) is 4.01. The fraction of sp³-hybridized carbons (Fsp3) is 0.667. The summed E-state index contributed by atoms with van der Waals surface area (Å²) in [7, 11) is -4.44. The Morgan fingerprint density at radius 1 is 1.39 bits per heavy atom. The molecule has 1 N–H and O–H groups in total. The molecule has 2 aliphatic rings. The Kier molecular flexibility index (Phi) is 2.94. The number of halogens is 2. The zero-order valence-corrected chi connectivity index (χ0v) is 11.0. The topological polar surface area (TPSA) is 54.4 Å². The Morgan fingerprint density at radius 2 is 1.94 bits per heavy atom. The lowest BCUT2D eigenvalue weighted by atomic mass is 9.66. The molecule has 0 saturated heterocycles. The molecule has 3 nitrogen and oxygen atoms in total. The second-order valence-corrected chi connectivity index (χ2v) is 6.98. The molecule has 18 heavy (non-hydrogen) atoms. The third-order valence-corrected chi connectivity index (χ3v) is 5.74. The quantitative estimate of drug-likeness (QED) is 0.790. The predicted octanol–water partition coefficient (Wildman–Crippen LogP) is 2.81. The van der Waals surface area contributed by atoms with Gasteiger partial charge in [-0.25, -0.2) is 8.78 Å². The van der Waals surface area contributed by atoms with E-state index < -0.39 is 45.5 Å². The summed E-state index contributed by atoms with van der Waals surface area (Å²) < 4.78 is 57.3. The van der Waals surface area contributed by atoms with Crippen LogP contribution in [0.3, 0.4) is 0 Å². The van der Waals surface area contributed by atoms with Gasteiger partial charge in [0.15, 0.2) is 0 Å². The van der Waals surface area contributed by atoms with E-state index >= 15 is 0 Å². The lowest BCUT2D eigenvalue weighted by molar-refractivity contribution is -0.120. The minimum atomic E-state index is -4.44. The smallest absolute Gasteiger partial charge is 0.275 e. The van der Waals surface area contributed by atoms with Crippen molar-refractivity contribution in [3.05, 3.63) is 23.8 Å². The molecule has 0 amide bonds. The van der Waals surface area contributed by atoms with Gasteiger partial charge >= 0.3 is 0 Å². The van der Waals surface area contributed by atoms with E-state index in [-0.39, 0.29) is 0 Å². The highest BCUT2D eigenvalue weighted by atomic mass is 32.2. The molecule has 0 aromatic heterocycles. The molecule has 1 saturated carbocycles. The van der Waals surface area contributed by atoms with E-state index in [0.29, 0.717) is 0 Å². The number of hydrogen-bond donors (Lipinski definition) is 1. The number of rotatable bonds is 2. The number of hydrogen-bond acceptors (Lipinski definition) is 2. The summed E-state index contributed by atoms with van der Waals surface area (Å²) in [5, 5.41) is 0. The van der Waals surface area contributed by atoms with Crippen LogP contribution in [0.4, 0.5) is 8.78 Å². The highest BCUT2D eigenvalue weighted by Gasteiger charge is 2.61. The summed E-state index contributed by atoms with van der Waals surface area (Å²) >= 11 is 0. The minimum absolute atomic E-state index is 0.492. The number of alkyl halides is 2. The fourth-order valence-electron chi connectivity index (χ4n) is 3.01. The van der Waals surface area contributed by atoms with Gasteiger partial charge in [-0.1, -0.05) is 30.7 Å². The molecule has 2 rings (SSSR count). The second kappa shape index (κ2) is 3.87. The Bertz CT molecular complexity index is 513. The maximum Gasteiger partial charge on any atom is 0.275 e. The van der Waals surface area contributed by atoms with Crippen LogP contribution in [0.2, 0.25) is 0 Å². The normalized spacial score (nSPS) is 36.1. The largest absolute Gasteiger partial charge is 0.285 e. The van der Waals surface area contributed by atoms with E-state index in [1.54, 1.807) is 26.0 Å². The van der Waals surface area contributed by atoms with Crippen molar-refractivity contribution in [3.8, 4) is 0 Å². The van der Waals surface area contributed by atoms with Gasteiger partial charge in [0.05, 0.1) is 0 Å². The molecule has 6 heteroatoms. The van der Waals surface area contributed by atoms with Crippen LogP contribution in [-0.2, 0) is 10.1 Å². The van der Waals surface area contributed by atoms with Gasteiger partial charge in [0.25, 0.3) is 10.1 Å². The summed E-state index contributed by atoms with van der Waals surface area (Å²) in [4.78, 5) is 0. The summed E-state index contributed by atoms with van der Waals surface area (Å²) in [6, 6.07) is 0. The summed E-state index contributed by atoms with van der Waals surface area (Å²) in [5.74, 6) is -4.07. The zero-order chi connectivity index (χ0) is 13.8. The Labute approximate surface area is 105 Å². The molecule has 0 heterocycles. The predicted molar refractivity (Wildman–Crippen MR) is 64.0 cm³/mol. The molecule has 0 radical (unpaired) electrons. The van der Waals surface area contributed by atoms with E-state index in [0.717, 1.165) is 5.57 Å². The maximum absolute atomic E-state index is 13.0.